The Morgan fingerprint density at radius 1 is 1.47 bits per heavy atom. The van der Waals surface area contributed by atoms with Gasteiger partial charge in [0.2, 0.25) is 0 Å². The van der Waals surface area contributed by atoms with Crippen molar-refractivity contribution in [3.8, 4) is 0 Å². The summed E-state index contributed by atoms with van der Waals surface area (Å²) in [6.07, 6.45) is 1.08. The Balaban J connectivity index is 2.13. The molecule has 2 N–H and O–H groups in total. The molecule has 2 rings (SSSR count). The number of benzene rings is 1. The summed E-state index contributed by atoms with van der Waals surface area (Å²) in [7, 11) is 1.81. The van der Waals surface area contributed by atoms with Gasteiger partial charge >= 0.3 is 0 Å². The van der Waals surface area contributed by atoms with Crippen molar-refractivity contribution >= 4 is 16.8 Å². The van der Waals surface area contributed by atoms with E-state index in [9.17, 15) is 9.90 Å². The Hall–Kier alpha value is -1.88. The molecule has 1 aromatic heterocycles. The molecular formula is C14H19N3O2. The van der Waals surface area contributed by atoms with Gasteiger partial charge in [0.25, 0.3) is 5.91 Å². The Morgan fingerprint density at radius 2 is 2.21 bits per heavy atom. The fraction of sp³-hybridized carbons (Fsp3) is 0.429. The number of hydrogen-bond donors (Lipinski definition) is 2. The van der Waals surface area contributed by atoms with E-state index in [0.29, 0.717) is 12.1 Å². The van der Waals surface area contributed by atoms with Crippen LogP contribution in [0, 0.1) is 0 Å². The summed E-state index contributed by atoms with van der Waals surface area (Å²) < 4.78 is 1.69. The van der Waals surface area contributed by atoms with Crippen molar-refractivity contribution in [2.24, 2.45) is 7.05 Å². The number of para-hydroxylation sites is 1. The van der Waals surface area contributed by atoms with Crippen molar-refractivity contribution in [2.45, 2.75) is 25.9 Å². The van der Waals surface area contributed by atoms with Gasteiger partial charge in [0.15, 0.2) is 5.69 Å². The summed E-state index contributed by atoms with van der Waals surface area (Å²) in [6.45, 7) is 2.26. The van der Waals surface area contributed by atoms with Crippen LogP contribution in [0.2, 0.25) is 0 Å². The van der Waals surface area contributed by atoms with Gasteiger partial charge in [0, 0.05) is 19.0 Å². The van der Waals surface area contributed by atoms with Crippen LogP contribution in [0.5, 0.6) is 0 Å². The SMILES string of the molecule is CCCC(O)CNC(=O)c1nn(C)c2ccccc12. The topological polar surface area (TPSA) is 67.2 Å². The van der Waals surface area contributed by atoms with Crippen molar-refractivity contribution in [3.63, 3.8) is 0 Å². The molecule has 0 aliphatic rings. The van der Waals surface area contributed by atoms with E-state index in [2.05, 4.69) is 10.4 Å². The van der Waals surface area contributed by atoms with E-state index in [0.717, 1.165) is 17.3 Å². The second kappa shape index (κ2) is 5.84. The third-order valence-corrected chi connectivity index (χ3v) is 3.09. The molecule has 1 atom stereocenters. The van der Waals surface area contributed by atoms with Crippen molar-refractivity contribution in [1.29, 1.82) is 0 Å². The summed E-state index contributed by atoms with van der Waals surface area (Å²) in [4.78, 5) is 12.1. The number of carbonyl (C=O) groups excluding carboxylic acids is 1. The molecule has 2 aromatic rings. The van der Waals surface area contributed by atoms with Gasteiger partial charge in [-0.05, 0) is 12.5 Å². The molecule has 0 saturated heterocycles. The summed E-state index contributed by atoms with van der Waals surface area (Å²) >= 11 is 0. The molecule has 1 heterocycles. The number of nitrogens with one attached hydrogen (secondary N) is 1. The molecule has 0 radical (unpaired) electrons. The molecule has 0 fully saturated rings. The van der Waals surface area contributed by atoms with Crippen LogP contribution in [0.3, 0.4) is 0 Å². The minimum atomic E-state index is -0.496. The van der Waals surface area contributed by atoms with Crippen LogP contribution in [0.4, 0.5) is 0 Å². The van der Waals surface area contributed by atoms with Crippen LogP contribution in [0.25, 0.3) is 10.9 Å². The standard InChI is InChI=1S/C14H19N3O2/c1-3-6-10(18)9-15-14(19)13-11-7-4-5-8-12(11)17(2)16-13/h4-5,7-8,10,18H,3,6,9H2,1-2H3,(H,15,19). The number of rotatable bonds is 5. The van der Waals surface area contributed by atoms with Gasteiger partial charge in [0.1, 0.15) is 0 Å². The third kappa shape index (κ3) is 2.93. The number of hydrogen-bond acceptors (Lipinski definition) is 3. The third-order valence-electron chi connectivity index (χ3n) is 3.09. The highest BCUT2D eigenvalue weighted by Gasteiger charge is 2.16. The average molecular weight is 261 g/mol. The number of aliphatic hydroxyl groups is 1. The van der Waals surface area contributed by atoms with E-state index in [1.165, 1.54) is 0 Å². The van der Waals surface area contributed by atoms with Crippen LogP contribution in [0.1, 0.15) is 30.3 Å². The molecule has 0 saturated carbocycles. The lowest BCUT2D eigenvalue weighted by molar-refractivity contribution is 0.0906. The molecule has 0 spiro atoms. The highest BCUT2D eigenvalue weighted by Crippen LogP contribution is 2.17. The zero-order chi connectivity index (χ0) is 13.8. The normalized spacial score (nSPS) is 12.6. The monoisotopic (exact) mass is 261 g/mol. The Labute approximate surface area is 112 Å². The molecule has 0 aliphatic carbocycles. The Kier molecular flexibility index (Phi) is 4.16. The number of carbonyl (C=O) groups is 1. The van der Waals surface area contributed by atoms with Crippen LogP contribution in [0.15, 0.2) is 24.3 Å². The van der Waals surface area contributed by atoms with Crippen molar-refractivity contribution in [2.75, 3.05) is 6.54 Å². The van der Waals surface area contributed by atoms with E-state index < -0.39 is 6.10 Å². The van der Waals surface area contributed by atoms with Gasteiger partial charge in [-0.2, -0.15) is 5.10 Å². The second-order valence-corrected chi connectivity index (χ2v) is 4.64. The number of amides is 1. The average Bonchev–Trinajstić information content (AvgIpc) is 2.75. The van der Waals surface area contributed by atoms with Crippen molar-refractivity contribution in [3.05, 3.63) is 30.0 Å². The largest absolute Gasteiger partial charge is 0.391 e. The minimum absolute atomic E-state index is 0.244. The van der Waals surface area contributed by atoms with Gasteiger partial charge in [-0.1, -0.05) is 31.5 Å². The maximum absolute atomic E-state index is 12.1. The summed E-state index contributed by atoms with van der Waals surface area (Å²) in [5, 5.41) is 17.4. The molecule has 0 aliphatic heterocycles. The van der Waals surface area contributed by atoms with E-state index in [1.807, 2.05) is 38.2 Å². The first-order valence-electron chi connectivity index (χ1n) is 6.51. The lowest BCUT2D eigenvalue weighted by atomic mass is 10.2. The highest BCUT2D eigenvalue weighted by molar-refractivity contribution is 6.04. The van der Waals surface area contributed by atoms with Crippen LogP contribution < -0.4 is 5.32 Å². The molecule has 5 heteroatoms. The molecular weight excluding hydrogens is 242 g/mol. The zero-order valence-corrected chi connectivity index (χ0v) is 11.3. The maximum atomic E-state index is 12.1. The fourth-order valence-electron chi connectivity index (χ4n) is 2.11. The lowest BCUT2D eigenvalue weighted by Crippen LogP contribution is -2.32. The predicted molar refractivity (Wildman–Crippen MR) is 74.0 cm³/mol. The molecule has 1 aromatic carbocycles. The zero-order valence-electron chi connectivity index (χ0n) is 11.3. The first kappa shape index (κ1) is 13.5. The Morgan fingerprint density at radius 3 is 2.95 bits per heavy atom. The molecule has 19 heavy (non-hydrogen) atoms. The molecule has 0 bridgehead atoms. The predicted octanol–water partition coefficient (Wildman–Crippen LogP) is 1.46. The van der Waals surface area contributed by atoms with Gasteiger partial charge < -0.3 is 10.4 Å². The van der Waals surface area contributed by atoms with E-state index in [-0.39, 0.29) is 12.5 Å². The van der Waals surface area contributed by atoms with Crippen LogP contribution in [-0.2, 0) is 7.05 Å². The van der Waals surface area contributed by atoms with E-state index in [1.54, 1.807) is 4.68 Å². The lowest BCUT2D eigenvalue weighted by Gasteiger charge is -2.09. The molecule has 5 nitrogen and oxygen atoms in total. The van der Waals surface area contributed by atoms with Crippen molar-refractivity contribution in [1.82, 2.24) is 15.1 Å². The number of aryl methyl sites for hydroxylation is 1. The van der Waals surface area contributed by atoms with Gasteiger partial charge in [-0.3, -0.25) is 9.48 Å². The number of aromatic nitrogens is 2. The first-order chi connectivity index (χ1) is 9.13. The van der Waals surface area contributed by atoms with Gasteiger partial charge in [0.05, 0.1) is 11.6 Å². The molecule has 1 unspecified atom stereocenters. The highest BCUT2D eigenvalue weighted by atomic mass is 16.3. The number of fused-ring (bicyclic) bond motifs is 1. The minimum Gasteiger partial charge on any atom is -0.391 e. The first-order valence-corrected chi connectivity index (χ1v) is 6.51. The van der Waals surface area contributed by atoms with Gasteiger partial charge in [-0.15, -0.1) is 0 Å². The van der Waals surface area contributed by atoms with Crippen molar-refractivity contribution < 1.29 is 9.90 Å². The second-order valence-electron chi connectivity index (χ2n) is 4.64. The maximum Gasteiger partial charge on any atom is 0.272 e. The summed E-state index contributed by atoms with van der Waals surface area (Å²) in [6, 6.07) is 7.59. The molecule has 102 valence electrons. The fourth-order valence-corrected chi connectivity index (χ4v) is 2.11. The quantitative estimate of drug-likeness (QED) is 0.856. The molecule has 1 amide bonds. The summed E-state index contributed by atoms with van der Waals surface area (Å²) in [5.74, 6) is -0.244. The smallest absolute Gasteiger partial charge is 0.272 e. The Bertz CT molecular complexity index is 577. The summed E-state index contributed by atoms with van der Waals surface area (Å²) in [5.41, 5.74) is 1.32. The van der Waals surface area contributed by atoms with E-state index >= 15 is 0 Å². The van der Waals surface area contributed by atoms with Crippen LogP contribution >= 0.6 is 0 Å². The number of nitrogens with zero attached hydrogens (tertiary/aromatic N) is 2. The van der Waals surface area contributed by atoms with Crippen LogP contribution in [-0.4, -0.2) is 33.4 Å². The number of aliphatic hydroxyl groups excluding tert-OH is 1. The van der Waals surface area contributed by atoms with Gasteiger partial charge in [-0.25, -0.2) is 0 Å². The van der Waals surface area contributed by atoms with E-state index in [4.69, 9.17) is 0 Å².